The van der Waals surface area contributed by atoms with Gasteiger partial charge in [-0.15, -0.1) is 0 Å². The summed E-state index contributed by atoms with van der Waals surface area (Å²) in [5.74, 6) is -0.333. The molecule has 0 aliphatic rings. The Morgan fingerprint density at radius 2 is 1.60 bits per heavy atom. The summed E-state index contributed by atoms with van der Waals surface area (Å²) in [4.78, 5) is 11.5. The van der Waals surface area contributed by atoms with E-state index >= 15 is 0 Å². The lowest BCUT2D eigenvalue weighted by Gasteiger charge is -2.02. The number of hydrogen-bond donors (Lipinski definition) is 0. The fourth-order valence-corrected chi connectivity index (χ4v) is 2.96. The fourth-order valence-electron chi connectivity index (χ4n) is 2.96. The minimum Gasteiger partial charge on any atom is -0.465 e. The lowest BCUT2D eigenvalue weighted by atomic mass is 10.0. The predicted octanol–water partition coefficient (Wildman–Crippen LogP) is 6.99. The number of carbonyl (C=O) groups is 1. The molecule has 0 fully saturated rings. The zero-order valence-corrected chi connectivity index (χ0v) is 16.2. The Bertz CT molecular complexity index is 491. The summed E-state index contributed by atoms with van der Waals surface area (Å²) in [6.07, 6.45) is 20.5. The van der Waals surface area contributed by atoms with E-state index in [0.29, 0.717) is 5.56 Å². The third-order valence-electron chi connectivity index (χ3n) is 4.52. The summed E-state index contributed by atoms with van der Waals surface area (Å²) < 4.78 is 4.72. The van der Waals surface area contributed by atoms with Crippen molar-refractivity contribution in [2.24, 2.45) is 0 Å². The van der Waals surface area contributed by atoms with Crippen LogP contribution in [0.2, 0.25) is 0 Å². The molecular weight excluding hydrogens is 308 g/mol. The first-order chi connectivity index (χ1) is 12.3. The van der Waals surface area contributed by atoms with Crippen LogP contribution in [0.3, 0.4) is 0 Å². The van der Waals surface area contributed by atoms with Gasteiger partial charge < -0.3 is 4.74 Å². The molecule has 2 heteroatoms. The molecule has 0 bridgehead atoms. The maximum atomic E-state index is 11.5. The van der Waals surface area contributed by atoms with E-state index in [1.165, 1.54) is 77.7 Å². The van der Waals surface area contributed by atoms with E-state index in [9.17, 15) is 4.79 Å². The smallest absolute Gasteiger partial charge is 0.338 e. The third-order valence-corrected chi connectivity index (χ3v) is 4.52. The van der Waals surface area contributed by atoms with Crippen molar-refractivity contribution in [3.05, 3.63) is 41.5 Å². The second-order valence-corrected chi connectivity index (χ2v) is 6.75. The topological polar surface area (TPSA) is 26.3 Å². The van der Waals surface area contributed by atoms with Gasteiger partial charge in [0.1, 0.15) is 0 Å². The van der Waals surface area contributed by atoms with Crippen molar-refractivity contribution < 1.29 is 9.53 Å². The lowest BCUT2D eigenvalue weighted by molar-refractivity contribution is 0.0600. The Labute approximate surface area is 154 Å². The zero-order chi connectivity index (χ0) is 18.2. The SMILES string of the molecule is CCCCCCCCCCCCCC=Cc1cc[c]c(C(=O)OC)c1. The van der Waals surface area contributed by atoms with Gasteiger partial charge in [0.15, 0.2) is 0 Å². The van der Waals surface area contributed by atoms with E-state index in [1.54, 1.807) is 6.07 Å². The first-order valence-corrected chi connectivity index (χ1v) is 10.0. The number of esters is 1. The van der Waals surface area contributed by atoms with Crippen molar-refractivity contribution >= 4 is 12.0 Å². The van der Waals surface area contributed by atoms with Crippen molar-refractivity contribution in [3.8, 4) is 0 Å². The van der Waals surface area contributed by atoms with Gasteiger partial charge in [-0.2, -0.15) is 0 Å². The molecule has 25 heavy (non-hydrogen) atoms. The first-order valence-electron chi connectivity index (χ1n) is 10.0. The maximum Gasteiger partial charge on any atom is 0.338 e. The highest BCUT2D eigenvalue weighted by Crippen LogP contribution is 2.13. The molecule has 0 aromatic heterocycles. The molecule has 0 N–H and O–H groups in total. The molecule has 0 saturated carbocycles. The average Bonchev–Trinajstić information content (AvgIpc) is 2.65. The van der Waals surface area contributed by atoms with Crippen molar-refractivity contribution in [1.82, 2.24) is 0 Å². The number of benzene rings is 1. The van der Waals surface area contributed by atoms with Crippen LogP contribution in [0.1, 0.15) is 99.9 Å². The highest BCUT2D eigenvalue weighted by atomic mass is 16.5. The lowest BCUT2D eigenvalue weighted by Crippen LogP contribution is -2.00. The van der Waals surface area contributed by atoms with Gasteiger partial charge in [-0.25, -0.2) is 4.79 Å². The molecule has 1 aromatic carbocycles. The van der Waals surface area contributed by atoms with Crippen LogP contribution >= 0.6 is 0 Å². The van der Waals surface area contributed by atoms with E-state index in [1.807, 2.05) is 12.1 Å². The first kappa shape index (κ1) is 21.5. The van der Waals surface area contributed by atoms with Gasteiger partial charge >= 0.3 is 5.97 Å². The Morgan fingerprint density at radius 1 is 1.00 bits per heavy atom. The Hall–Kier alpha value is -1.57. The fraction of sp³-hybridized carbons (Fsp3) is 0.609. The van der Waals surface area contributed by atoms with Gasteiger partial charge in [-0.1, -0.05) is 95.4 Å². The molecule has 1 rings (SSSR count). The summed E-state index contributed by atoms with van der Waals surface area (Å²) in [7, 11) is 1.39. The average molecular weight is 344 g/mol. The van der Waals surface area contributed by atoms with E-state index in [-0.39, 0.29) is 5.97 Å². The van der Waals surface area contributed by atoms with Gasteiger partial charge in [0.25, 0.3) is 0 Å². The molecule has 1 radical (unpaired) electrons. The van der Waals surface area contributed by atoms with Crippen LogP contribution in [0.15, 0.2) is 24.3 Å². The number of carbonyl (C=O) groups excluding carboxylic acids is 1. The molecule has 0 spiro atoms. The Morgan fingerprint density at radius 3 is 2.20 bits per heavy atom. The highest BCUT2D eigenvalue weighted by molar-refractivity contribution is 5.89. The molecule has 0 aliphatic heterocycles. The van der Waals surface area contributed by atoms with Gasteiger partial charge in [0.2, 0.25) is 0 Å². The van der Waals surface area contributed by atoms with Crippen LogP contribution in [0, 0.1) is 6.07 Å². The molecule has 0 atom stereocenters. The van der Waals surface area contributed by atoms with E-state index in [4.69, 9.17) is 4.74 Å². The summed E-state index contributed by atoms with van der Waals surface area (Å²) in [6.45, 7) is 2.27. The zero-order valence-electron chi connectivity index (χ0n) is 16.2. The number of ether oxygens (including phenoxy) is 1. The largest absolute Gasteiger partial charge is 0.465 e. The standard InChI is InChI=1S/C23H35O2/c1-3-4-5-6-7-8-9-10-11-12-13-14-15-17-21-18-16-19-22(20-21)23(24)25-2/h15-18,20H,3-14H2,1-2H3. The second-order valence-electron chi connectivity index (χ2n) is 6.75. The van der Waals surface area contributed by atoms with Crippen LogP contribution in [-0.2, 0) is 4.74 Å². The predicted molar refractivity (Wildman–Crippen MR) is 107 cm³/mol. The summed E-state index contributed by atoms with van der Waals surface area (Å²) in [6, 6.07) is 8.46. The molecule has 0 saturated heterocycles. The molecule has 2 nitrogen and oxygen atoms in total. The quantitative estimate of drug-likeness (QED) is 0.269. The summed E-state index contributed by atoms with van der Waals surface area (Å²) >= 11 is 0. The van der Waals surface area contributed by atoms with E-state index in [2.05, 4.69) is 25.1 Å². The van der Waals surface area contributed by atoms with Gasteiger partial charge in [-0.05, 0) is 30.5 Å². The van der Waals surface area contributed by atoms with E-state index < -0.39 is 0 Å². The minimum absolute atomic E-state index is 0.333. The van der Waals surface area contributed by atoms with Crippen molar-refractivity contribution in [2.45, 2.75) is 84.0 Å². The highest BCUT2D eigenvalue weighted by Gasteiger charge is 2.04. The normalized spacial score (nSPS) is 11.1. The number of hydrogen-bond acceptors (Lipinski definition) is 2. The van der Waals surface area contributed by atoms with Gasteiger partial charge in [0.05, 0.1) is 12.7 Å². The summed E-state index contributed by atoms with van der Waals surface area (Å²) in [5.41, 5.74) is 1.52. The van der Waals surface area contributed by atoms with E-state index in [0.717, 1.165) is 12.0 Å². The number of methoxy groups -OCH3 is 1. The third kappa shape index (κ3) is 10.8. The molecule has 0 aliphatic carbocycles. The second kappa shape index (κ2) is 14.7. The molecular formula is C23H35O2. The molecule has 0 amide bonds. The number of unbranched alkanes of at least 4 members (excludes halogenated alkanes) is 11. The molecule has 139 valence electrons. The molecule has 0 unspecified atom stereocenters. The van der Waals surface area contributed by atoms with Gasteiger partial charge in [-0.3, -0.25) is 0 Å². The minimum atomic E-state index is -0.333. The number of allylic oxidation sites excluding steroid dienone is 1. The Kier molecular flexibility index (Phi) is 12.7. The van der Waals surface area contributed by atoms with Crippen LogP contribution < -0.4 is 0 Å². The van der Waals surface area contributed by atoms with Crippen LogP contribution in [0.5, 0.6) is 0 Å². The van der Waals surface area contributed by atoms with Crippen molar-refractivity contribution in [3.63, 3.8) is 0 Å². The van der Waals surface area contributed by atoms with Crippen LogP contribution in [0.4, 0.5) is 0 Å². The monoisotopic (exact) mass is 343 g/mol. The van der Waals surface area contributed by atoms with Gasteiger partial charge in [0, 0.05) is 0 Å². The molecule has 0 heterocycles. The molecule has 1 aromatic rings. The van der Waals surface area contributed by atoms with Crippen molar-refractivity contribution in [1.29, 1.82) is 0 Å². The van der Waals surface area contributed by atoms with Crippen molar-refractivity contribution in [2.75, 3.05) is 7.11 Å². The Balaban J connectivity index is 2.02. The maximum absolute atomic E-state index is 11.5. The number of rotatable bonds is 14. The summed E-state index contributed by atoms with van der Waals surface area (Å²) in [5, 5.41) is 0. The van der Waals surface area contributed by atoms with Crippen LogP contribution in [0.25, 0.3) is 6.08 Å². The van der Waals surface area contributed by atoms with Crippen LogP contribution in [-0.4, -0.2) is 13.1 Å².